The van der Waals surface area contributed by atoms with E-state index >= 15 is 0 Å². The number of anilines is 1. The molecule has 27 heavy (non-hydrogen) atoms. The van der Waals surface area contributed by atoms with Crippen LogP contribution in [-0.4, -0.2) is 34.2 Å². The Morgan fingerprint density at radius 3 is 2.52 bits per heavy atom. The fourth-order valence-corrected chi connectivity index (χ4v) is 3.27. The largest absolute Gasteiger partial charge is 0.355 e. The summed E-state index contributed by atoms with van der Waals surface area (Å²) < 4.78 is 2.02. The molecule has 7 heteroatoms. The van der Waals surface area contributed by atoms with Crippen LogP contribution in [0.25, 0.3) is 0 Å². The molecule has 0 spiro atoms. The third-order valence-corrected chi connectivity index (χ3v) is 4.87. The molecule has 0 saturated carbocycles. The Kier molecular flexibility index (Phi) is 6.27. The number of aromatic nitrogens is 2. The van der Waals surface area contributed by atoms with Gasteiger partial charge in [-0.05, 0) is 29.8 Å². The summed E-state index contributed by atoms with van der Waals surface area (Å²) in [5.41, 5.74) is 2.38. The van der Waals surface area contributed by atoms with Gasteiger partial charge in [-0.15, -0.1) is 0 Å². The van der Waals surface area contributed by atoms with Gasteiger partial charge in [0, 0.05) is 37.2 Å². The predicted molar refractivity (Wildman–Crippen MR) is 107 cm³/mol. The third kappa shape index (κ3) is 5.21. The van der Waals surface area contributed by atoms with Crippen molar-refractivity contribution in [2.24, 2.45) is 0 Å². The van der Waals surface area contributed by atoms with Gasteiger partial charge in [0.1, 0.15) is 0 Å². The highest BCUT2D eigenvalue weighted by atomic mass is 32.2. The zero-order valence-corrected chi connectivity index (χ0v) is 15.7. The lowest BCUT2D eigenvalue weighted by Gasteiger charge is -2.08. The number of carbonyl (C=O) groups is 2. The molecule has 138 valence electrons. The summed E-state index contributed by atoms with van der Waals surface area (Å²) >= 11 is 1.39. The van der Waals surface area contributed by atoms with Gasteiger partial charge < -0.3 is 15.2 Å². The first kappa shape index (κ1) is 18.7. The van der Waals surface area contributed by atoms with Crippen molar-refractivity contribution >= 4 is 29.3 Å². The Hall–Kier alpha value is -3.06. The summed E-state index contributed by atoms with van der Waals surface area (Å²) in [6, 6.07) is 16.9. The molecular weight excluding hydrogens is 360 g/mol. The first-order valence-corrected chi connectivity index (χ1v) is 9.44. The van der Waals surface area contributed by atoms with Crippen molar-refractivity contribution in [1.29, 1.82) is 0 Å². The van der Waals surface area contributed by atoms with Crippen LogP contribution in [0.2, 0.25) is 0 Å². The topological polar surface area (TPSA) is 76.0 Å². The van der Waals surface area contributed by atoms with Crippen molar-refractivity contribution in [3.8, 4) is 0 Å². The van der Waals surface area contributed by atoms with Gasteiger partial charge in [-0.25, -0.2) is 4.98 Å². The number of benzene rings is 2. The van der Waals surface area contributed by atoms with E-state index < -0.39 is 0 Å². The number of hydrogen-bond donors (Lipinski definition) is 2. The zero-order chi connectivity index (χ0) is 19.1. The van der Waals surface area contributed by atoms with Crippen molar-refractivity contribution < 1.29 is 9.59 Å². The molecule has 0 aliphatic rings. The van der Waals surface area contributed by atoms with E-state index in [9.17, 15) is 9.59 Å². The van der Waals surface area contributed by atoms with Crippen LogP contribution >= 0.6 is 11.8 Å². The number of carbonyl (C=O) groups excluding carboxylic acids is 2. The molecule has 0 bridgehead atoms. The van der Waals surface area contributed by atoms with Crippen molar-refractivity contribution in [2.75, 3.05) is 18.1 Å². The minimum atomic E-state index is -0.159. The van der Waals surface area contributed by atoms with Crippen LogP contribution in [0.4, 0.5) is 5.69 Å². The molecule has 6 nitrogen and oxygen atoms in total. The predicted octanol–water partition coefficient (Wildman–Crippen LogP) is 3.02. The van der Waals surface area contributed by atoms with E-state index in [1.165, 1.54) is 17.3 Å². The molecule has 0 radical (unpaired) electrons. The minimum Gasteiger partial charge on any atom is -0.355 e. The molecule has 3 aromatic rings. The first-order chi connectivity index (χ1) is 13.2. The van der Waals surface area contributed by atoms with E-state index in [-0.39, 0.29) is 17.6 Å². The van der Waals surface area contributed by atoms with Crippen molar-refractivity contribution in [3.05, 3.63) is 78.1 Å². The van der Waals surface area contributed by atoms with Crippen LogP contribution in [-0.2, 0) is 11.3 Å². The number of nitrogens with zero attached hydrogens (tertiary/aromatic N) is 2. The second-order valence-corrected chi connectivity index (χ2v) is 6.76. The van der Waals surface area contributed by atoms with Crippen LogP contribution in [0.15, 0.2) is 72.1 Å². The SMILES string of the molecule is CNC(=O)c1ccc(NC(=O)CSc2nccn2Cc2ccccc2)cc1. The average Bonchev–Trinajstić information content (AvgIpc) is 3.14. The van der Waals surface area contributed by atoms with E-state index in [2.05, 4.69) is 27.8 Å². The maximum Gasteiger partial charge on any atom is 0.251 e. The Balaban J connectivity index is 1.54. The fraction of sp³-hybridized carbons (Fsp3) is 0.150. The molecule has 1 heterocycles. The van der Waals surface area contributed by atoms with Crippen LogP contribution in [0.3, 0.4) is 0 Å². The van der Waals surface area contributed by atoms with Gasteiger partial charge in [0.05, 0.1) is 5.75 Å². The molecule has 0 fully saturated rings. The Labute approximate surface area is 162 Å². The summed E-state index contributed by atoms with van der Waals surface area (Å²) in [5, 5.41) is 6.19. The normalized spacial score (nSPS) is 10.4. The molecular formula is C20H20N4O2S. The Bertz CT molecular complexity index is 907. The van der Waals surface area contributed by atoms with E-state index in [0.717, 1.165) is 5.16 Å². The van der Waals surface area contributed by atoms with E-state index in [4.69, 9.17) is 0 Å². The molecule has 1 aromatic heterocycles. The highest BCUT2D eigenvalue weighted by Crippen LogP contribution is 2.18. The quantitative estimate of drug-likeness (QED) is 0.618. The molecule has 3 rings (SSSR count). The summed E-state index contributed by atoms with van der Waals surface area (Å²) in [4.78, 5) is 28.1. The maximum atomic E-state index is 12.2. The molecule has 0 atom stereocenters. The van der Waals surface area contributed by atoms with Crippen LogP contribution in [0.5, 0.6) is 0 Å². The summed E-state index contributed by atoms with van der Waals surface area (Å²) in [6.07, 6.45) is 3.64. The van der Waals surface area contributed by atoms with Crippen LogP contribution in [0, 0.1) is 0 Å². The summed E-state index contributed by atoms with van der Waals surface area (Å²) in [5.74, 6) is -0.0288. The number of amides is 2. The highest BCUT2D eigenvalue weighted by molar-refractivity contribution is 7.99. The molecule has 0 unspecified atom stereocenters. The van der Waals surface area contributed by atoms with E-state index in [0.29, 0.717) is 17.8 Å². The summed E-state index contributed by atoms with van der Waals surface area (Å²) in [6.45, 7) is 0.714. The minimum absolute atomic E-state index is 0.123. The maximum absolute atomic E-state index is 12.2. The number of rotatable bonds is 7. The van der Waals surface area contributed by atoms with Gasteiger partial charge in [0.2, 0.25) is 5.91 Å². The second-order valence-electron chi connectivity index (χ2n) is 5.82. The molecule has 2 N–H and O–H groups in total. The number of nitrogens with one attached hydrogen (secondary N) is 2. The number of imidazole rings is 1. The van der Waals surface area contributed by atoms with Gasteiger partial charge in [-0.1, -0.05) is 42.1 Å². The smallest absolute Gasteiger partial charge is 0.251 e. The average molecular weight is 380 g/mol. The molecule has 2 amide bonds. The van der Waals surface area contributed by atoms with Crippen molar-refractivity contribution in [2.45, 2.75) is 11.7 Å². The third-order valence-electron chi connectivity index (χ3n) is 3.86. The lowest BCUT2D eigenvalue weighted by Crippen LogP contribution is -2.18. The van der Waals surface area contributed by atoms with Gasteiger partial charge in [-0.2, -0.15) is 0 Å². The van der Waals surface area contributed by atoms with Crippen LogP contribution < -0.4 is 10.6 Å². The fourth-order valence-electron chi connectivity index (χ4n) is 2.51. The number of hydrogen-bond acceptors (Lipinski definition) is 4. The molecule has 0 aliphatic heterocycles. The summed E-state index contributed by atoms with van der Waals surface area (Å²) in [7, 11) is 1.58. The van der Waals surface area contributed by atoms with E-state index in [1.807, 2.05) is 29.0 Å². The molecule has 0 saturated heterocycles. The lowest BCUT2D eigenvalue weighted by molar-refractivity contribution is -0.113. The standard InChI is InChI=1S/C20H20N4O2S/c1-21-19(26)16-7-9-17(10-8-16)23-18(25)14-27-20-22-11-12-24(20)13-15-5-3-2-4-6-15/h2-12H,13-14H2,1H3,(H,21,26)(H,23,25). The van der Waals surface area contributed by atoms with Gasteiger partial charge in [0.25, 0.3) is 5.91 Å². The second kappa shape index (κ2) is 9.05. The Morgan fingerprint density at radius 1 is 1.07 bits per heavy atom. The molecule has 2 aromatic carbocycles. The lowest BCUT2D eigenvalue weighted by atomic mass is 10.2. The Morgan fingerprint density at radius 2 is 1.81 bits per heavy atom. The van der Waals surface area contributed by atoms with Gasteiger partial charge >= 0.3 is 0 Å². The number of thioether (sulfide) groups is 1. The van der Waals surface area contributed by atoms with Crippen LogP contribution in [0.1, 0.15) is 15.9 Å². The van der Waals surface area contributed by atoms with Crippen molar-refractivity contribution in [1.82, 2.24) is 14.9 Å². The monoisotopic (exact) mass is 380 g/mol. The van der Waals surface area contributed by atoms with Crippen molar-refractivity contribution in [3.63, 3.8) is 0 Å². The van der Waals surface area contributed by atoms with Gasteiger partial charge in [-0.3, -0.25) is 9.59 Å². The zero-order valence-electron chi connectivity index (χ0n) is 14.9. The van der Waals surface area contributed by atoms with E-state index in [1.54, 1.807) is 37.5 Å². The van der Waals surface area contributed by atoms with Gasteiger partial charge in [0.15, 0.2) is 5.16 Å². The highest BCUT2D eigenvalue weighted by Gasteiger charge is 2.09. The first-order valence-electron chi connectivity index (χ1n) is 8.45. The molecule has 0 aliphatic carbocycles.